The summed E-state index contributed by atoms with van der Waals surface area (Å²) in [5.41, 5.74) is 4.66. The average Bonchev–Trinajstić information content (AvgIpc) is 3.01. The SMILES string of the molecule is CC1=C2C[C@@H]3[C@@H](C[C@@]2(C)CCC1)OC(=O)[C@@H]3CN1CCN(c2cccc(Cl)c2)CC1. The number of halogens is 1. The maximum Gasteiger partial charge on any atom is 0.310 e. The molecule has 5 rings (SSSR count). The van der Waals surface area contributed by atoms with Gasteiger partial charge in [0.05, 0.1) is 5.92 Å². The number of benzene rings is 1. The number of allylic oxidation sites excluding steroid dienone is 2. The van der Waals surface area contributed by atoms with E-state index in [0.717, 1.165) is 50.6 Å². The summed E-state index contributed by atoms with van der Waals surface area (Å²) in [6, 6.07) is 8.09. The van der Waals surface area contributed by atoms with E-state index in [9.17, 15) is 4.79 Å². The van der Waals surface area contributed by atoms with Crippen molar-refractivity contribution in [3.8, 4) is 0 Å². The molecule has 162 valence electrons. The first-order valence-electron chi connectivity index (χ1n) is 11.6. The lowest BCUT2D eigenvalue weighted by molar-refractivity contribution is -0.145. The van der Waals surface area contributed by atoms with E-state index in [1.54, 1.807) is 11.1 Å². The minimum absolute atomic E-state index is 0.0273. The summed E-state index contributed by atoms with van der Waals surface area (Å²) in [6.45, 7) is 9.45. The summed E-state index contributed by atoms with van der Waals surface area (Å²) in [5.74, 6) is 0.432. The molecule has 1 aromatic rings. The van der Waals surface area contributed by atoms with E-state index in [4.69, 9.17) is 16.3 Å². The first kappa shape index (κ1) is 20.4. The van der Waals surface area contributed by atoms with E-state index in [1.165, 1.54) is 24.9 Å². The van der Waals surface area contributed by atoms with Gasteiger partial charge in [0.25, 0.3) is 0 Å². The fraction of sp³-hybridized carbons (Fsp3) is 0.640. The van der Waals surface area contributed by atoms with Crippen LogP contribution in [0.25, 0.3) is 0 Å². The van der Waals surface area contributed by atoms with Crippen molar-refractivity contribution in [2.24, 2.45) is 17.3 Å². The lowest BCUT2D eigenvalue weighted by Gasteiger charge is -2.46. The Balaban J connectivity index is 1.24. The number of carbonyl (C=O) groups excluding carboxylic acids is 1. The van der Waals surface area contributed by atoms with Crippen molar-refractivity contribution in [1.29, 1.82) is 0 Å². The Bertz CT molecular complexity index is 860. The Labute approximate surface area is 185 Å². The second-order valence-electron chi connectivity index (χ2n) is 10.1. The van der Waals surface area contributed by atoms with Crippen LogP contribution in [0.2, 0.25) is 5.02 Å². The van der Waals surface area contributed by atoms with Crippen LogP contribution >= 0.6 is 11.6 Å². The number of piperazine rings is 1. The molecule has 0 N–H and O–H groups in total. The molecule has 4 nitrogen and oxygen atoms in total. The van der Waals surface area contributed by atoms with Crippen LogP contribution in [0.5, 0.6) is 0 Å². The van der Waals surface area contributed by atoms with Gasteiger partial charge in [-0.1, -0.05) is 35.7 Å². The smallest absolute Gasteiger partial charge is 0.310 e. The molecule has 0 spiro atoms. The van der Waals surface area contributed by atoms with Crippen molar-refractivity contribution in [3.05, 3.63) is 40.4 Å². The molecule has 3 fully saturated rings. The number of esters is 1. The van der Waals surface area contributed by atoms with Crippen LogP contribution in [0, 0.1) is 17.3 Å². The summed E-state index contributed by atoms with van der Waals surface area (Å²) in [4.78, 5) is 17.7. The molecule has 0 amide bonds. The van der Waals surface area contributed by atoms with E-state index in [0.29, 0.717) is 5.92 Å². The Morgan fingerprint density at radius 1 is 1.23 bits per heavy atom. The maximum atomic E-state index is 12.8. The van der Waals surface area contributed by atoms with Crippen LogP contribution in [-0.2, 0) is 9.53 Å². The van der Waals surface area contributed by atoms with Gasteiger partial charge >= 0.3 is 5.97 Å². The molecular formula is C25H33ClN2O2. The molecule has 4 atom stereocenters. The highest BCUT2D eigenvalue weighted by molar-refractivity contribution is 6.30. The highest BCUT2D eigenvalue weighted by Gasteiger charge is 2.53. The van der Waals surface area contributed by atoms with Crippen LogP contribution in [0.1, 0.15) is 46.0 Å². The molecule has 1 saturated carbocycles. The van der Waals surface area contributed by atoms with E-state index in [-0.39, 0.29) is 23.4 Å². The number of hydrogen-bond donors (Lipinski definition) is 0. The van der Waals surface area contributed by atoms with Gasteiger partial charge in [-0.2, -0.15) is 0 Å². The Morgan fingerprint density at radius 3 is 2.80 bits per heavy atom. The quantitative estimate of drug-likeness (QED) is 0.505. The molecule has 0 radical (unpaired) electrons. The van der Waals surface area contributed by atoms with Gasteiger partial charge < -0.3 is 9.64 Å². The first-order chi connectivity index (χ1) is 14.4. The molecule has 5 heteroatoms. The zero-order valence-electron chi connectivity index (χ0n) is 18.2. The Hall–Kier alpha value is -1.52. The fourth-order valence-electron chi connectivity index (χ4n) is 6.46. The number of hydrogen-bond acceptors (Lipinski definition) is 4. The first-order valence-corrected chi connectivity index (χ1v) is 11.9. The minimum Gasteiger partial charge on any atom is -0.462 e. The molecule has 0 bridgehead atoms. The number of anilines is 1. The van der Waals surface area contributed by atoms with Gasteiger partial charge in [-0.05, 0) is 62.6 Å². The van der Waals surface area contributed by atoms with Crippen molar-refractivity contribution in [2.75, 3.05) is 37.6 Å². The van der Waals surface area contributed by atoms with Gasteiger partial charge in [-0.3, -0.25) is 9.69 Å². The van der Waals surface area contributed by atoms with Gasteiger partial charge in [0, 0.05) is 49.4 Å². The standard InChI is InChI=1S/C25H33ClN2O2/c1-17-5-4-8-25(2)15-23-20(14-22(17)25)21(24(29)30-23)16-27-9-11-28(12-10-27)19-7-3-6-18(26)13-19/h3,6-7,13,20-21,23H,4-5,8-12,14-16H2,1-2H3/t20-,21+,23+,25+/m0/s1. The largest absolute Gasteiger partial charge is 0.462 e. The van der Waals surface area contributed by atoms with Crippen molar-refractivity contribution < 1.29 is 9.53 Å². The molecule has 0 unspecified atom stereocenters. The normalized spacial score (nSPS) is 34.6. The second kappa shape index (κ2) is 7.87. The monoisotopic (exact) mass is 428 g/mol. The fourth-order valence-corrected chi connectivity index (χ4v) is 6.65. The lowest BCUT2D eigenvalue weighted by atomic mass is 9.59. The summed E-state index contributed by atoms with van der Waals surface area (Å²) in [5, 5.41) is 0.784. The van der Waals surface area contributed by atoms with Crippen LogP contribution in [-0.4, -0.2) is 49.7 Å². The van der Waals surface area contributed by atoms with E-state index in [1.807, 2.05) is 18.2 Å². The zero-order chi connectivity index (χ0) is 20.9. The van der Waals surface area contributed by atoms with Crippen LogP contribution in [0.15, 0.2) is 35.4 Å². The van der Waals surface area contributed by atoms with E-state index in [2.05, 4.69) is 29.7 Å². The predicted molar refractivity (Wildman–Crippen MR) is 121 cm³/mol. The van der Waals surface area contributed by atoms with Crippen LogP contribution in [0.4, 0.5) is 5.69 Å². The Kier molecular flexibility index (Phi) is 5.35. The van der Waals surface area contributed by atoms with Gasteiger partial charge in [0.15, 0.2) is 0 Å². The zero-order valence-corrected chi connectivity index (χ0v) is 19.0. The second-order valence-corrected chi connectivity index (χ2v) is 10.5. The molecule has 1 aromatic carbocycles. The van der Waals surface area contributed by atoms with E-state index >= 15 is 0 Å². The highest BCUT2D eigenvalue weighted by atomic mass is 35.5. The molecule has 2 aliphatic carbocycles. The van der Waals surface area contributed by atoms with E-state index < -0.39 is 0 Å². The number of rotatable bonds is 3. The highest BCUT2D eigenvalue weighted by Crippen LogP contribution is 2.55. The van der Waals surface area contributed by atoms with Crippen LogP contribution in [0.3, 0.4) is 0 Å². The third-order valence-corrected chi connectivity index (χ3v) is 8.42. The number of nitrogens with zero attached hydrogens (tertiary/aromatic N) is 2. The average molecular weight is 429 g/mol. The maximum absolute atomic E-state index is 12.8. The van der Waals surface area contributed by atoms with Crippen molar-refractivity contribution in [2.45, 2.75) is 52.1 Å². The molecule has 0 aromatic heterocycles. The number of fused-ring (bicyclic) bond motifs is 2. The van der Waals surface area contributed by atoms with Crippen LogP contribution < -0.4 is 4.90 Å². The molecular weight excluding hydrogens is 396 g/mol. The molecule has 2 saturated heterocycles. The van der Waals surface area contributed by atoms with Gasteiger partial charge in [-0.15, -0.1) is 0 Å². The topological polar surface area (TPSA) is 32.8 Å². The number of carbonyl (C=O) groups is 1. The molecule has 2 heterocycles. The summed E-state index contributed by atoms with van der Waals surface area (Å²) in [7, 11) is 0. The summed E-state index contributed by atoms with van der Waals surface area (Å²) in [6.07, 6.45) is 5.96. The van der Waals surface area contributed by atoms with Crippen molar-refractivity contribution in [3.63, 3.8) is 0 Å². The summed E-state index contributed by atoms with van der Waals surface area (Å²) >= 11 is 6.16. The number of ether oxygens (including phenoxy) is 1. The van der Waals surface area contributed by atoms with Crippen molar-refractivity contribution in [1.82, 2.24) is 4.90 Å². The van der Waals surface area contributed by atoms with Crippen molar-refractivity contribution >= 4 is 23.3 Å². The predicted octanol–water partition coefficient (Wildman–Crippen LogP) is 4.92. The third-order valence-electron chi connectivity index (χ3n) is 8.18. The van der Waals surface area contributed by atoms with Gasteiger partial charge in [0.1, 0.15) is 6.10 Å². The Morgan fingerprint density at radius 2 is 2.03 bits per heavy atom. The van der Waals surface area contributed by atoms with Gasteiger partial charge in [0.2, 0.25) is 0 Å². The molecule has 2 aliphatic heterocycles. The van der Waals surface area contributed by atoms with Gasteiger partial charge in [-0.25, -0.2) is 0 Å². The molecule has 4 aliphatic rings. The summed E-state index contributed by atoms with van der Waals surface area (Å²) < 4.78 is 5.96. The lowest BCUT2D eigenvalue weighted by Crippen LogP contribution is -2.49. The minimum atomic E-state index is 0.0273. The molecule has 30 heavy (non-hydrogen) atoms. The third kappa shape index (κ3) is 3.67.